The molecule has 0 aliphatic heterocycles. The Balaban J connectivity index is 2.50. The maximum absolute atomic E-state index is 11.1. The molecule has 0 amide bonds. The Bertz CT molecular complexity index is 554. The molecule has 0 spiro atoms. The van der Waals surface area contributed by atoms with E-state index in [-0.39, 0.29) is 5.92 Å². The topological polar surface area (TPSA) is 63.3 Å². The zero-order chi connectivity index (χ0) is 12.6. The van der Waals surface area contributed by atoms with E-state index in [0.717, 1.165) is 17.1 Å². The van der Waals surface area contributed by atoms with Crippen molar-refractivity contribution < 1.29 is 14.3 Å². The largest absolute Gasteiger partial charge is 0.477 e. The van der Waals surface area contributed by atoms with E-state index in [2.05, 4.69) is 4.98 Å². The van der Waals surface area contributed by atoms with Crippen molar-refractivity contribution in [3.05, 3.63) is 28.5 Å². The molecular formula is C12H13NO3S. The quantitative estimate of drug-likeness (QED) is 0.906. The summed E-state index contributed by atoms with van der Waals surface area (Å²) in [7, 11) is 0. The van der Waals surface area contributed by atoms with Gasteiger partial charge in [0.1, 0.15) is 10.6 Å². The minimum Gasteiger partial charge on any atom is -0.477 e. The number of nitrogens with zero attached hydrogens (tertiary/aromatic N) is 1. The highest BCUT2D eigenvalue weighted by Gasteiger charge is 2.21. The molecule has 0 aromatic carbocycles. The van der Waals surface area contributed by atoms with Crippen LogP contribution in [0.5, 0.6) is 0 Å². The van der Waals surface area contributed by atoms with Gasteiger partial charge in [-0.25, -0.2) is 9.78 Å². The minimum atomic E-state index is -0.930. The number of furan rings is 1. The summed E-state index contributed by atoms with van der Waals surface area (Å²) >= 11 is 1.16. The maximum atomic E-state index is 11.1. The number of aromatic carboxylic acids is 1. The molecule has 0 saturated heterocycles. The number of hydrogen-bond donors (Lipinski definition) is 1. The number of aromatic nitrogens is 1. The summed E-state index contributed by atoms with van der Waals surface area (Å²) in [5.41, 5.74) is 0.617. The van der Waals surface area contributed by atoms with Gasteiger partial charge < -0.3 is 9.52 Å². The summed E-state index contributed by atoms with van der Waals surface area (Å²) in [6.07, 6.45) is 0. The summed E-state index contributed by atoms with van der Waals surface area (Å²) in [5.74, 6) is 0.572. The molecular weight excluding hydrogens is 238 g/mol. The fourth-order valence-corrected chi connectivity index (χ4v) is 2.55. The van der Waals surface area contributed by atoms with Gasteiger partial charge in [0.2, 0.25) is 0 Å². The lowest BCUT2D eigenvalue weighted by Crippen LogP contribution is -2.00. The van der Waals surface area contributed by atoms with Gasteiger partial charge in [-0.2, -0.15) is 0 Å². The van der Waals surface area contributed by atoms with Crippen LogP contribution in [0.15, 0.2) is 16.5 Å². The SMILES string of the molecule is Cc1ccc(-c2nc(C(C)C)c(C(=O)O)s2)o1. The molecule has 4 nitrogen and oxygen atoms in total. The molecule has 2 aromatic rings. The van der Waals surface area contributed by atoms with Crippen LogP contribution in [-0.2, 0) is 0 Å². The Labute approximate surface area is 103 Å². The van der Waals surface area contributed by atoms with Gasteiger partial charge in [0.05, 0.1) is 5.69 Å². The van der Waals surface area contributed by atoms with Crippen molar-refractivity contribution in [3.8, 4) is 10.8 Å². The molecule has 0 saturated carbocycles. The van der Waals surface area contributed by atoms with Crippen molar-refractivity contribution in [2.75, 3.05) is 0 Å². The van der Waals surface area contributed by atoms with E-state index in [0.29, 0.717) is 21.3 Å². The van der Waals surface area contributed by atoms with Gasteiger partial charge in [-0.3, -0.25) is 0 Å². The van der Waals surface area contributed by atoms with Crippen molar-refractivity contribution in [1.82, 2.24) is 4.98 Å². The first-order chi connectivity index (χ1) is 7.99. The zero-order valence-corrected chi connectivity index (χ0v) is 10.7. The summed E-state index contributed by atoms with van der Waals surface area (Å²) in [5, 5.41) is 9.74. The Morgan fingerprint density at radius 3 is 2.59 bits per heavy atom. The molecule has 2 rings (SSSR count). The Hall–Kier alpha value is -1.62. The second-order valence-electron chi connectivity index (χ2n) is 4.10. The second-order valence-corrected chi connectivity index (χ2v) is 5.10. The number of carboxylic acid groups (broad SMARTS) is 1. The highest BCUT2D eigenvalue weighted by molar-refractivity contribution is 7.16. The van der Waals surface area contributed by atoms with Crippen molar-refractivity contribution in [2.45, 2.75) is 26.7 Å². The summed E-state index contributed by atoms with van der Waals surface area (Å²) < 4.78 is 5.45. The van der Waals surface area contributed by atoms with Crippen LogP contribution in [0.3, 0.4) is 0 Å². The van der Waals surface area contributed by atoms with E-state index >= 15 is 0 Å². The first kappa shape index (κ1) is 11.9. The summed E-state index contributed by atoms with van der Waals surface area (Å²) in [6, 6.07) is 3.65. The molecule has 5 heteroatoms. The average molecular weight is 251 g/mol. The van der Waals surface area contributed by atoms with Crippen molar-refractivity contribution >= 4 is 17.3 Å². The Morgan fingerprint density at radius 2 is 2.18 bits per heavy atom. The lowest BCUT2D eigenvalue weighted by molar-refractivity contribution is 0.0700. The van der Waals surface area contributed by atoms with Crippen LogP contribution >= 0.6 is 11.3 Å². The molecule has 0 fully saturated rings. The molecule has 90 valence electrons. The Morgan fingerprint density at radius 1 is 1.47 bits per heavy atom. The highest BCUT2D eigenvalue weighted by atomic mass is 32.1. The third-order valence-corrected chi connectivity index (χ3v) is 3.42. The molecule has 0 atom stereocenters. The summed E-state index contributed by atoms with van der Waals surface area (Å²) in [6.45, 7) is 5.70. The number of thiazole rings is 1. The molecule has 0 aliphatic carbocycles. The minimum absolute atomic E-state index is 0.0853. The van der Waals surface area contributed by atoms with Gasteiger partial charge in [0.25, 0.3) is 0 Å². The number of carboxylic acids is 1. The Kier molecular flexibility index (Phi) is 3.02. The van der Waals surface area contributed by atoms with Crippen molar-refractivity contribution in [2.24, 2.45) is 0 Å². The molecule has 17 heavy (non-hydrogen) atoms. The first-order valence-corrected chi connectivity index (χ1v) is 6.11. The van der Waals surface area contributed by atoms with Gasteiger partial charge >= 0.3 is 5.97 Å². The van der Waals surface area contributed by atoms with Crippen LogP contribution < -0.4 is 0 Å². The van der Waals surface area contributed by atoms with Crippen molar-refractivity contribution in [3.63, 3.8) is 0 Å². The van der Waals surface area contributed by atoms with Crippen LogP contribution in [-0.4, -0.2) is 16.1 Å². The zero-order valence-electron chi connectivity index (χ0n) is 9.85. The fourth-order valence-electron chi connectivity index (χ4n) is 1.53. The molecule has 0 aliphatic rings. The third-order valence-electron chi connectivity index (χ3n) is 2.35. The lowest BCUT2D eigenvalue weighted by atomic mass is 10.1. The first-order valence-electron chi connectivity index (χ1n) is 5.30. The van der Waals surface area contributed by atoms with Crippen LogP contribution in [0.25, 0.3) is 10.8 Å². The van der Waals surface area contributed by atoms with E-state index in [4.69, 9.17) is 9.52 Å². The maximum Gasteiger partial charge on any atom is 0.347 e. The number of aryl methyl sites for hydroxylation is 1. The molecule has 2 aromatic heterocycles. The number of carbonyl (C=O) groups is 1. The van der Waals surface area contributed by atoms with Crippen molar-refractivity contribution in [1.29, 1.82) is 0 Å². The van der Waals surface area contributed by atoms with Gasteiger partial charge in [-0.05, 0) is 25.0 Å². The number of hydrogen-bond acceptors (Lipinski definition) is 4. The molecule has 0 radical (unpaired) electrons. The molecule has 2 heterocycles. The highest BCUT2D eigenvalue weighted by Crippen LogP contribution is 2.32. The number of rotatable bonds is 3. The predicted molar refractivity (Wildman–Crippen MR) is 65.6 cm³/mol. The van der Waals surface area contributed by atoms with E-state index in [9.17, 15) is 4.79 Å². The van der Waals surface area contributed by atoms with Crippen LogP contribution in [0.2, 0.25) is 0 Å². The van der Waals surface area contributed by atoms with E-state index in [1.807, 2.05) is 32.9 Å². The van der Waals surface area contributed by atoms with Gasteiger partial charge in [-0.1, -0.05) is 13.8 Å². The lowest BCUT2D eigenvalue weighted by Gasteiger charge is -2.00. The average Bonchev–Trinajstić information content (AvgIpc) is 2.82. The molecule has 0 unspecified atom stereocenters. The third kappa shape index (κ3) is 2.24. The molecule has 1 N–H and O–H groups in total. The second kappa shape index (κ2) is 4.33. The summed E-state index contributed by atoms with van der Waals surface area (Å²) in [4.78, 5) is 15.8. The normalized spacial score (nSPS) is 11.1. The fraction of sp³-hybridized carbons (Fsp3) is 0.333. The van der Waals surface area contributed by atoms with E-state index < -0.39 is 5.97 Å². The smallest absolute Gasteiger partial charge is 0.347 e. The monoisotopic (exact) mass is 251 g/mol. The van der Waals surface area contributed by atoms with Crippen LogP contribution in [0, 0.1) is 6.92 Å². The van der Waals surface area contributed by atoms with Gasteiger partial charge in [0, 0.05) is 0 Å². The van der Waals surface area contributed by atoms with Crippen LogP contribution in [0.4, 0.5) is 0 Å². The van der Waals surface area contributed by atoms with Gasteiger partial charge in [-0.15, -0.1) is 11.3 Å². The molecule has 0 bridgehead atoms. The van der Waals surface area contributed by atoms with Crippen LogP contribution in [0.1, 0.15) is 40.9 Å². The predicted octanol–water partition coefficient (Wildman–Crippen LogP) is 3.53. The van der Waals surface area contributed by atoms with E-state index in [1.54, 1.807) is 0 Å². The van der Waals surface area contributed by atoms with Gasteiger partial charge in [0.15, 0.2) is 10.8 Å². The van der Waals surface area contributed by atoms with E-state index in [1.165, 1.54) is 0 Å². The standard InChI is InChI=1S/C12H13NO3S/c1-6(2)9-10(12(14)15)17-11(13-9)8-5-4-7(3)16-8/h4-6H,1-3H3,(H,14,15).